The van der Waals surface area contributed by atoms with Crippen molar-refractivity contribution in [3.8, 4) is 0 Å². The molecule has 4 rings (SSSR count). The fraction of sp³-hybridized carbons (Fsp3) is 0.278. The maximum absolute atomic E-state index is 12.4. The Hall–Kier alpha value is -2.09. The Bertz CT molecular complexity index is 703. The summed E-state index contributed by atoms with van der Waals surface area (Å²) in [7, 11) is 0. The fourth-order valence-corrected chi connectivity index (χ4v) is 3.58. The number of hydrogen-bond donors (Lipinski definition) is 1. The summed E-state index contributed by atoms with van der Waals surface area (Å²) in [5, 5.41) is 5.46. The molecule has 1 fully saturated rings. The lowest BCUT2D eigenvalue weighted by Crippen LogP contribution is -2.25. The van der Waals surface area contributed by atoms with Gasteiger partial charge in [0, 0.05) is 11.6 Å². The quantitative estimate of drug-likeness (QED) is 0.815. The minimum Gasteiger partial charge on any atom is -0.326 e. The number of fused-ring (bicyclic) bond motifs is 3. The average molecular weight is 263 g/mol. The average Bonchev–Trinajstić information content (AvgIpc) is 3.10. The third-order valence-corrected chi connectivity index (χ3v) is 4.63. The monoisotopic (exact) mass is 263 g/mol. The van der Waals surface area contributed by atoms with E-state index in [0.717, 1.165) is 23.9 Å². The topological polar surface area (TPSA) is 29.1 Å². The first-order valence-electron chi connectivity index (χ1n) is 7.27. The number of allylic oxidation sites excluding steroid dienone is 2. The summed E-state index contributed by atoms with van der Waals surface area (Å²) in [5.74, 6) is 1.43. The van der Waals surface area contributed by atoms with Crippen LogP contribution in [0.1, 0.15) is 12.8 Å². The van der Waals surface area contributed by atoms with E-state index in [0.29, 0.717) is 11.8 Å². The smallest absolute Gasteiger partial charge is 0.228 e. The Balaban J connectivity index is 1.55. The molecule has 2 aromatic carbocycles. The molecule has 2 nitrogen and oxygen atoms in total. The second-order valence-electron chi connectivity index (χ2n) is 5.94. The first kappa shape index (κ1) is 11.7. The highest BCUT2D eigenvalue weighted by Crippen LogP contribution is 2.43. The maximum atomic E-state index is 12.4. The number of rotatable bonds is 2. The molecule has 0 saturated heterocycles. The molecule has 20 heavy (non-hydrogen) atoms. The van der Waals surface area contributed by atoms with Crippen molar-refractivity contribution in [1.29, 1.82) is 0 Å². The van der Waals surface area contributed by atoms with E-state index in [1.165, 1.54) is 5.39 Å². The van der Waals surface area contributed by atoms with Crippen molar-refractivity contribution < 1.29 is 4.79 Å². The number of hydrogen-bond acceptors (Lipinski definition) is 1. The van der Waals surface area contributed by atoms with Crippen molar-refractivity contribution in [1.82, 2.24) is 0 Å². The van der Waals surface area contributed by atoms with Crippen LogP contribution in [0.3, 0.4) is 0 Å². The molecule has 2 bridgehead atoms. The molecule has 1 saturated carbocycles. The zero-order valence-electron chi connectivity index (χ0n) is 11.3. The van der Waals surface area contributed by atoms with Crippen LogP contribution in [-0.4, -0.2) is 5.91 Å². The molecule has 0 unspecified atom stereocenters. The second-order valence-corrected chi connectivity index (χ2v) is 5.94. The van der Waals surface area contributed by atoms with Gasteiger partial charge in [0.1, 0.15) is 0 Å². The third kappa shape index (κ3) is 1.92. The van der Waals surface area contributed by atoms with Gasteiger partial charge in [0.15, 0.2) is 0 Å². The Morgan fingerprint density at radius 2 is 1.85 bits per heavy atom. The van der Waals surface area contributed by atoms with E-state index in [-0.39, 0.29) is 11.8 Å². The molecule has 0 heterocycles. The van der Waals surface area contributed by atoms with Crippen molar-refractivity contribution >= 4 is 22.4 Å². The molecule has 100 valence electrons. The van der Waals surface area contributed by atoms with Crippen LogP contribution in [-0.2, 0) is 4.79 Å². The van der Waals surface area contributed by atoms with Crippen LogP contribution in [0.25, 0.3) is 10.8 Å². The number of benzene rings is 2. The molecule has 2 heteroatoms. The Labute approximate surface area is 118 Å². The van der Waals surface area contributed by atoms with Crippen molar-refractivity contribution in [3.63, 3.8) is 0 Å². The lowest BCUT2D eigenvalue weighted by Gasteiger charge is -2.17. The number of amides is 1. The fourth-order valence-electron chi connectivity index (χ4n) is 3.58. The largest absolute Gasteiger partial charge is 0.326 e. The van der Waals surface area contributed by atoms with Gasteiger partial charge in [0.25, 0.3) is 0 Å². The number of carbonyl (C=O) groups is 1. The molecule has 2 aliphatic rings. The van der Waals surface area contributed by atoms with Crippen LogP contribution in [0.2, 0.25) is 0 Å². The third-order valence-electron chi connectivity index (χ3n) is 4.63. The molecule has 0 aromatic heterocycles. The van der Waals surface area contributed by atoms with Gasteiger partial charge in [-0.1, -0.05) is 42.5 Å². The van der Waals surface area contributed by atoms with E-state index in [2.05, 4.69) is 41.7 Å². The van der Waals surface area contributed by atoms with Crippen LogP contribution in [0.4, 0.5) is 5.69 Å². The van der Waals surface area contributed by atoms with Gasteiger partial charge in [0.05, 0.1) is 0 Å². The maximum Gasteiger partial charge on any atom is 0.228 e. The van der Waals surface area contributed by atoms with Crippen LogP contribution < -0.4 is 5.32 Å². The molecule has 3 atom stereocenters. The molecule has 0 aliphatic heterocycles. The summed E-state index contributed by atoms with van der Waals surface area (Å²) in [4.78, 5) is 12.4. The van der Waals surface area contributed by atoms with E-state index in [1.54, 1.807) is 0 Å². The molecule has 2 aliphatic carbocycles. The molecular weight excluding hydrogens is 246 g/mol. The first-order valence-corrected chi connectivity index (χ1v) is 7.27. The SMILES string of the molecule is O=C(Nc1ccc2ccccc2c1)[C@@H]1C[C@H]2C=C[C@H]1C2. The number of nitrogens with one attached hydrogen (secondary N) is 1. The predicted octanol–water partition coefficient (Wildman–Crippen LogP) is 3.99. The molecule has 1 N–H and O–H groups in total. The van der Waals surface area contributed by atoms with Gasteiger partial charge in [-0.2, -0.15) is 0 Å². The van der Waals surface area contributed by atoms with Crippen molar-refractivity contribution in [2.45, 2.75) is 12.8 Å². The summed E-state index contributed by atoms with van der Waals surface area (Å²) in [5.41, 5.74) is 0.903. The minimum atomic E-state index is 0.163. The zero-order valence-corrected chi connectivity index (χ0v) is 11.3. The summed E-state index contributed by atoms with van der Waals surface area (Å²) in [6.07, 6.45) is 6.67. The zero-order chi connectivity index (χ0) is 13.5. The summed E-state index contributed by atoms with van der Waals surface area (Å²) < 4.78 is 0. The Morgan fingerprint density at radius 1 is 1.00 bits per heavy atom. The lowest BCUT2D eigenvalue weighted by molar-refractivity contribution is -0.120. The summed E-state index contributed by atoms with van der Waals surface area (Å²) in [6, 6.07) is 14.3. The van der Waals surface area contributed by atoms with Gasteiger partial charge >= 0.3 is 0 Å². The Morgan fingerprint density at radius 3 is 2.60 bits per heavy atom. The number of anilines is 1. The van der Waals surface area contributed by atoms with Crippen molar-refractivity contribution in [2.75, 3.05) is 5.32 Å². The van der Waals surface area contributed by atoms with Crippen LogP contribution in [0.5, 0.6) is 0 Å². The van der Waals surface area contributed by atoms with Crippen LogP contribution >= 0.6 is 0 Å². The summed E-state index contributed by atoms with van der Waals surface area (Å²) in [6.45, 7) is 0. The molecule has 1 amide bonds. The van der Waals surface area contributed by atoms with Gasteiger partial charge < -0.3 is 5.32 Å². The standard InChI is InChI=1S/C18H17NO/c20-18(17-10-12-5-6-15(17)9-12)19-16-8-7-13-3-1-2-4-14(13)11-16/h1-8,11-12,15,17H,9-10H2,(H,19,20)/t12-,15-,17+/m0/s1. The van der Waals surface area contributed by atoms with E-state index in [4.69, 9.17) is 0 Å². The van der Waals surface area contributed by atoms with Crippen LogP contribution in [0, 0.1) is 17.8 Å². The molecule has 2 aromatic rings. The highest BCUT2D eigenvalue weighted by Gasteiger charge is 2.39. The second kappa shape index (κ2) is 4.48. The van der Waals surface area contributed by atoms with E-state index in [1.807, 2.05) is 18.2 Å². The van der Waals surface area contributed by atoms with Crippen molar-refractivity contribution in [3.05, 3.63) is 54.6 Å². The summed E-state index contributed by atoms with van der Waals surface area (Å²) >= 11 is 0. The van der Waals surface area contributed by atoms with Crippen molar-refractivity contribution in [2.24, 2.45) is 17.8 Å². The Kier molecular flexibility index (Phi) is 2.62. The van der Waals surface area contributed by atoms with Gasteiger partial charge in [-0.05, 0) is 47.6 Å². The van der Waals surface area contributed by atoms with E-state index < -0.39 is 0 Å². The number of carbonyl (C=O) groups excluding carboxylic acids is 1. The van der Waals surface area contributed by atoms with Gasteiger partial charge in [-0.3, -0.25) is 4.79 Å². The van der Waals surface area contributed by atoms with Crippen LogP contribution in [0.15, 0.2) is 54.6 Å². The highest BCUT2D eigenvalue weighted by molar-refractivity contribution is 5.96. The predicted molar refractivity (Wildman–Crippen MR) is 81.4 cm³/mol. The van der Waals surface area contributed by atoms with Gasteiger partial charge in [0.2, 0.25) is 5.91 Å². The normalized spacial score (nSPS) is 27.1. The molecule has 0 radical (unpaired) electrons. The minimum absolute atomic E-state index is 0.163. The van der Waals surface area contributed by atoms with Gasteiger partial charge in [-0.15, -0.1) is 0 Å². The lowest BCUT2D eigenvalue weighted by atomic mass is 9.93. The molecular formula is C18H17NO. The van der Waals surface area contributed by atoms with Gasteiger partial charge in [-0.25, -0.2) is 0 Å². The van der Waals surface area contributed by atoms with E-state index >= 15 is 0 Å². The molecule has 0 spiro atoms. The van der Waals surface area contributed by atoms with E-state index in [9.17, 15) is 4.79 Å². The highest BCUT2D eigenvalue weighted by atomic mass is 16.1. The first-order chi connectivity index (χ1) is 9.79.